The number of carbonyl (C=O) groups is 2. The van der Waals surface area contributed by atoms with E-state index in [0.29, 0.717) is 0 Å². The number of nitrogens with one attached hydrogen (secondary N) is 1. The number of carbonyl (C=O) groups excluding carboxylic acids is 2. The van der Waals surface area contributed by atoms with E-state index in [2.05, 4.69) is 10.1 Å². The molecule has 5 heteroatoms. The van der Waals surface area contributed by atoms with Gasteiger partial charge in [-0.2, -0.15) is 0 Å². The Balaban J connectivity index is 4.60. The van der Waals surface area contributed by atoms with Crippen LogP contribution >= 0.6 is 0 Å². The van der Waals surface area contributed by atoms with E-state index < -0.39 is 11.5 Å². The molecule has 94 valence electrons. The molecule has 0 spiro atoms. The molecule has 0 aromatic carbocycles. The molecule has 0 aliphatic carbocycles. The van der Waals surface area contributed by atoms with Crippen LogP contribution in [0.4, 0.5) is 0 Å². The number of nitrogens with two attached hydrogens (primary N) is 1. The third-order valence-electron chi connectivity index (χ3n) is 2.53. The van der Waals surface area contributed by atoms with Crippen molar-refractivity contribution in [1.82, 2.24) is 5.32 Å². The maximum Gasteiger partial charge on any atom is 0.330 e. The summed E-state index contributed by atoms with van der Waals surface area (Å²) < 4.78 is 4.60. The van der Waals surface area contributed by atoms with E-state index in [4.69, 9.17) is 5.73 Å². The second-order valence-electron chi connectivity index (χ2n) is 4.69. The Morgan fingerprint density at radius 2 is 1.88 bits per heavy atom. The number of hydrogen-bond acceptors (Lipinski definition) is 4. The molecule has 0 aliphatic rings. The summed E-state index contributed by atoms with van der Waals surface area (Å²) in [5.74, 6) is -0.837. The summed E-state index contributed by atoms with van der Waals surface area (Å²) in [6.45, 7) is 7.31. The standard InChI is InChI=1S/C11H22N2O3/c1-7(2)8(6-12)9(14)13-11(3,4)10(15)16-5/h7-8H,6,12H2,1-5H3,(H,13,14). The van der Waals surface area contributed by atoms with Crippen LogP contribution < -0.4 is 11.1 Å². The van der Waals surface area contributed by atoms with E-state index in [1.807, 2.05) is 13.8 Å². The van der Waals surface area contributed by atoms with E-state index in [9.17, 15) is 9.59 Å². The molecular formula is C11H22N2O3. The highest BCUT2D eigenvalue weighted by molar-refractivity contribution is 5.88. The molecule has 3 N–H and O–H groups in total. The normalized spacial score (nSPS) is 13.4. The van der Waals surface area contributed by atoms with E-state index >= 15 is 0 Å². The third-order valence-corrected chi connectivity index (χ3v) is 2.53. The van der Waals surface area contributed by atoms with Gasteiger partial charge in [-0.15, -0.1) is 0 Å². The summed E-state index contributed by atoms with van der Waals surface area (Å²) in [6.07, 6.45) is 0. The second-order valence-corrected chi connectivity index (χ2v) is 4.69. The Bertz CT molecular complexity index is 262. The van der Waals surface area contributed by atoms with Crippen molar-refractivity contribution in [2.45, 2.75) is 33.2 Å². The monoisotopic (exact) mass is 230 g/mol. The Kier molecular flexibility index (Phi) is 5.44. The van der Waals surface area contributed by atoms with E-state index in [-0.39, 0.29) is 24.3 Å². The maximum absolute atomic E-state index is 11.9. The first-order valence-electron chi connectivity index (χ1n) is 5.36. The summed E-state index contributed by atoms with van der Waals surface area (Å²) in [5, 5.41) is 2.65. The summed E-state index contributed by atoms with van der Waals surface area (Å²) in [7, 11) is 1.29. The smallest absolute Gasteiger partial charge is 0.330 e. The molecule has 1 unspecified atom stereocenters. The van der Waals surface area contributed by atoms with Gasteiger partial charge >= 0.3 is 5.97 Å². The zero-order valence-electron chi connectivity index (χ0n) is 10.7. The van der Waals surface area contributed by atoms with Crippen LogP contribution in [0.5, 0.6) is 0 Å². The summed E-state index contributed by atoms with van der Waals surface area (Å²) in [6, 6.07) is 0. The first-order valence-corrected chi connectivity index (χ1v) is 5.36. The van der Waals surface area contributed by atoms with Crippen LogP contribution in [0.1, 0.15) is 27.7 Å². The van der Waals surface area contributed by atoms with E-state index in [1.54, 1.807) is 13.8 Å². The summed E-state index contributed by atoms with van der Waals surface area (Å²) in [5.41, 5.74) is 4.51. The quantitative estimate of drug-likeness (QED) is 0.665. The minimum atomic E-state index is -1.02. The van der Waals surface area contributed by atoms with Gasteiger partial charge in [-0.1, -0.05) is 13.8 Å². The Morgan fingerprint density at radius 1 is 1.38 bits per heavy atom. The van der Waals surface area contributed by atoms with Gasteiger partial charge in [-0.25, -0.2) is 4.79 Å². The largest absolute Gasteiger partial charge is 0.467 e. The van der Waals surface area contributed by atoms with Gasteiger partial charge in [-0.05, 0) is 19.8 Å². The summed E-state index contributed by atoms with van der Waals surface area (Å²) >= 11 is 0. The van der Waals surface area contributed by atoms with Gasteiger partial charge in [-0.3, -0.25) is 4.79 Å². The highest BCUT2D eigenvalue weighted by atomic mass is 16.5. The fraction of sp³-hybridized carbons (Fsp3) is 0.818. The fourth-order valence-electron chi connectivity index (χ4n) is 1.39. The zero-order chi connectivity index (χ0) is 12.9. The lowest BCUT2D eigenvalue weighted by atomic mass is 9.93. The number of rotatable bonds is 5. The second kappa shape index (κ2) is 5.84. The van der Waals surface area contributed by atoms with Gasteiger partial charge in [0.2, 0.25) is 5.91 Å². The molecule has 0 rings (SSSR count). The molecular weight excluding hydrogens is 208 g/mol. The Morgan fingerprint density at radius 3 is 2.19 bits per heavy atom. The van der Waals surface area contributed by atoms with Crippen molar-refractivity contribution in [3.05, 3.63) is 0 Å². The van der Waals surface area contributed by atoms with Crippen LogP contribution in [0.2, 0.25) is 0 Å². The minimum absolute atomic E-state index is 0.137. The SMILES string of the molecule is COC(=O)C(C)(C)NC(=O)C(CN)C(C)C. The average Bonchev–Trinajstić information content (AvgIpc) is 2.15. The van der Waals surface area contributed by atoms with Gasteiger partial charge in [0, 0.05) is 6.54 Å². The number of esters is 1. The van der Waals surface area contributed by atoms with Gasteiger partial charge in [0.25, 0.3) is 0 Å². The van der Waals surface area contributed by atoms with E-state index in [0.717, 1.165) is 0 Å². The lowest BCUT2D eigenvalue weighted by Crippen LogP contribution is -2.53. The lowest BCUT2D eigenvalue weighted by molar-refractivity contribution is -0.150. The molecule has 0 saturated carbocycles. The molecule has 0 saturated heterocycles. The zero-order valence-corrected chi connectivity index (χ0v) is 10.7. The molecule has 0 radical (unpaired) electrons. The van der Waals surface area contributed by atoms with Crippen LogP contribution in [-0.4, -0.2) is 31.1 Å². The minimum Gasteiger partial charge on any atom is -0.467 e. The molecule has 0 aliphatic heterocycles. The van der Waals surface area contributed by atoms with Crippen LogP contribution in [0, 0.1) is 11.8 Å². The molecule has 16 heavy (non-hydrogen) atoms. The highest BCUT2D eigenvalue weighted by Crippen LogP contribution is 2.12. The summed E-state index contributed by atoms with van der Waals surface area (Å²) in [4.78, 5) is 23.2. The predicted octanol–water partition coefficient (Wildman–Crippen LogP) is 0.285. The van der Waals surface area contributed by atoms with Crippen LogP contribution in [0.15, 0.2) is 0 Å². The van der Waals surface area contributed by atoms with Crippen molar-refractivity contribution in [3.8, 4) is 0 Å². The molecule has 0 fully saturated rings. The van der Waals surface area contributed by atoms with Gasteiger partial charge < -0.3 is 15.8 Å². The number of ether oxygens (including phenoxy) is 1. The van der Waals surface area contributed by atoms with Gasteiger partial charge in [0.05, 0.1) is 13.0 Å². The predicted molar refractivity (Wildman–Crippen MR) is 61.6 cm³/mol. The van der Waals surface area contributed by atoms with Crippen molar-refractivity contribution in [3.63, 3.8) is 0 Å². The number of amides is 1. The molecule has 0 aromatic rings. The topological polar surface area (TPSA) is 81.4 Å². The molecule has 0 aromatic heterocycles. The van der Waals surface area contributed by atoms with Gasteiger partial charge in [0.15, 0.2) is 0 Å². The van der Waals surface area contributed by atoms with E-state index in [1.165, 1.54) is 7.11 Å². The molecule has 0 bridgehead atoms. The van der Waals surface area contributed by atoms with Crippen molar-refractivity contribution >= 4 is 11.9 Å². The van der Waals surface area contributed by atoms with Crippen molar-refractivity contribution in [1.29, 1.82) is 0 Å². The first kappa shape index (κ1) is 14.9. The number of methoxy groups -OCH3 is 1. The molecule has 0 heterocycles. The molecule has 1 atom stereocenters. The van der Waals surface area contributed by atoms with Gasteiger partial charge in [0.1, 0.15) is 5.54 Å². The third kappa shape index (κ3) is 3.81. The highest BCUT2D eigenvalue weighted by Gasteiger charge is 2.33. The first-order chi connectivity index (χ1) is 7.26. The molecule has 5 nitrogen and oxygen atoms in total. The Hall–Kier alpha value is -1.10. The van der Waals surface area contributed by atoms with Crippen molar-refractivity contribution in [2.24, 2.45) is 17.6 Å². The van der Waals surface area contributed by atoms with Crippen LogP contribution in [0.25, 0.3) is 0 Å². The maximum atomic E-state index is 11.9. The fourth-order valence-corrected chi connectivity index (χ4v) is 1.39. The van der Waals surface area contributed by atoms with Crippen LogP contribution in [-0.2, 0) is 14.3 Å². The number of hydrogen-bond donors (Lipinski definition) is 2. The van der Waals surface area contributed by atoms with Crippen molar-refractivity contribution in [2.75, 3.05) is 13.7 Å². The van der Waals surface area contributed by atoms with Crippen LogP contribution in [0.3, 0.4) is 0 Å². The molecule has 1 amide bonds. The van der Waals surface area contributed by atoms with Crippen molar-refractivity contribution < 1.29 is 14.3 Å². The Labute approximate surface area is 96.7 Å². The lowest BCUT2D eigenvalue weighted by Gasteiger charge is -2.27. The average molecular weight is 230 g/mol.